The van der Waals surface area contributed by atoms with Gasteiger partial charge in [-0.1, -0.05) is 18.5 Å². The molecule has 1 heterocycles. The van der Waals surface area contributed by atoms with Crippen molar-refractivity contribution >= 4 is 22.9 Å². The first-order chi connectivity index (χ1) is 7.24. The molecule has 15 heavy (non-hydrogen) atoms. The first-order valence-corrected chi connectivity index (χ1v) is 6.91. The van der Waals surface area contributed by atoms with E-state index in [2.05, 4.69) is 18.3 Å². The molecule has 1 atom stereocenters. The maximum absolute atomic E-state index is 5.90. The van der Waals surface area contributed by atoms with Gasteiger partial charge in [0.25, 0.3) is 0 Å². The van der Waals surface area contributed by atoms with E-state index in [4.69, 9.17) is 11.6 Å². The summed E-state index contributed by atoms with van der Waals surface area (Å²) >= 11 is 7.62. The maximum Gasteiger partial charge on any atom is 0.0931 e. The van der Waals surface area contributed by atoms with Gasteiger partial charge in [-0.3, -0.25) is 0 Å². The molecule has 3 heteroatoms. The van der Waals surface area contributed by atoms with Gasteiger partial charge in [-0.05, 0) is 50.3 Å². The minimum atomic E-state index is 0.756. The predicted octanol–water partition coefficient (Wildman–Crippen LogP) is 3.72. The zero-order valence-electron chi connectivity index (χ0n) is 9.13. The van der Waals surface area contributed by atoms with Crippen molar-refractivity contribution in [2.24, 2.45) is 5.92 Å². The summed E-state index contributed by atoms with van der Waals surface area (Å²) in [5.74, 6) is 0.756. The summed E-state index contributed by atoms with van der Waals surface area (Å²) in [6, 6.07) is 4.99. The molecule has 0 radical (unpaired) electrons. The van der Waals surface area contributed by atoms with Crippen LogP contribution in [0.2, 0.25) is 4.34 Å². The Kier molecular flexibility index (Phi) is 4.06. The minimum absolute atomic E-state index is 0.756. The van der Waals surface area contributed by atoms with E-state index in [0.717, 1.165) is 16.3 Å². The van der Waals surface area contributed by atoms with Gasteiger partial charge < -0.3 is 5.32 Å². The molecule has 1 aromatic rings. The zero-order valence-corrected chi connectivity index (χ0v) is 10.7. The van der Waals surface area contributed by atoms with E-state index >= 15 is 0 Å². The van der Waals surface area contributed by atoms with Crippen LogP contribution in [-0.2, 0) is 6.42 Å². The smallest absolute Gasteiger partial charge is 0.0931 e. The number of halogens is 1. The number of hydrogen-bond donors (Lipinski definition) is 1. The predicted molar refractivity (Wildman–Crippen MR) is 67.8 cm³/mol. The molecule has 1 fully saturated rings. The molecule has 0 amide bonds. The lowest BCUT2D eigenvalue weighted by atomic mass is 10.0. The molecule has 0 aromatic carbocycles. The Morgan fingerprint density at radius 1 is 1.53 bits per heavy atom. The Hall–Kier alpha value is -0.0500. The molecule has 1 aliphatic rings. The molecule has 0 spiro atoms. The van der Waals surface area contributed by atoms with Gasteiger partial charge in [-0.15, -0.1) is 11.3 Å². The average molecular weight is 244 g/mol. The minimum Gasteiger partial charge on any atom is -0.314 e. The first-order valence-electron chi connectivity index (χ1n) is 5.71. The highest BCUT2D eigenvalue weighted by atomic mass is 35.5. The fraction of sp³-hybridized carbons (Fsp3) is 0.667. The van der Waals surface area contributed by atoms with Crippen molar-refractivity contribution < 1.29 is 0 Å². The van der Waals surface area contributed by atoms with E-state index in [1.165, 1.54) is 37.1 Å². The summed E-state index contributed by atoms with van der Waals surface area (Å²) in [5, 5.41) is 3.56. The molecule has 0 saturated heterocycles. The third-order valence-corrected chi connectivity index (χ3v) is 4.08. The lowest BCUT2D eigenvalue weighted by Crippen LogP contribution is -2.19. The van der Waals surface area contributed by atoms with E-state index in [1.54, 1.807) is 11.3 Å². The Labute approximate surface area is 101 Å². The molecular weight excluding hydrogens is 226 g/mol. The lowest BCUT2D eigenvalue weighted by molar-refractivity contribution is 0.500. The van der Waals surface area contributed by atoms with Crippen LogP contribution in [0.15, 0.2) is 12.1 Å². The van der Waals surface area contributed by atoms with Crippen LogP contribution in [0.4, 0.5) is 0 Å². The van der Waals surface area contributed by atoms with Crippen LogP contribution < -0.4 is 5.32 Å². The van der Waals surface area contributed by atoms with Crippen molar-refractivity contribution in [3.05, 3.63) is 21.3 Å². The summed E-state index contributed by atoms with van der Waals surface area (Å²) in [6.45, 7) is 3.49. The van der Waals surface area contributed by atoms with Crippen molar-refractivity contribution in [1.29, 1.82) is 0 Å². The molecule has 1 aliphatic carbocycles. The summed E-state index contributed by atoms with van der Waals surface area (Å²) < 4.78 is 0.910. The highest BCUT2D eigenvalue weighted by Gasteiger charge is 2.19. The van der Waals surface area contributed by atoms with Crippen LogP contribution in [0.25, 0.3) is 0 Å². The van der Waals surface area contributed by atoms with E-state index in [0.29, 0.717) is 0 Å². The number of hydrogen-bond acceptors (Lipinski definition) is 2. The molecule has 1 saturated carbocycles. The standard InChI is InChI=1S/C12H18ClNS/c1-9(6-7-14-10-2-3-10)8-11-4-5-12(13)15-11/h4-5,9-10,14H,2-3,6-8H2,1H3. The second-order valence-electron chi connectivity index (χ2n) is 4.53. The van der Waals surface area contributed by atoms with Crippen LogP contribution in [-0.4, -0.2) is 12.6 Å². The van der Waals surface area contributed by atoms with E-state index in [1.807, 2.05) is 6.07 Å². The summed E-state index contributed by atoms with van der Waals surface area (Å²) in [5.41, 5.74) is 0. The molecule has 84 valence electrons. The number of thiophene rings is 1. The van der Waals surface area contributed by atoms with Gasteiger partial charge in [0, 0.05) is 10.9 Å². The van der Waals surface area contributed by atoms with E-state index < -0.39 is 0 Å². The maximum atomic E-state index is 5.90. The summed E-state index contributed by atoms with van der Waals surface area (Å²) in [7, 11) is 0. The van der Waals surface area contributed by atoms with E-state index in [9.17, 15) is 0 Å². The van der Waals surface area contributed by atoms with Gasteiger partial charge in [0.2, 0.25) is 0 Å². The lowest BCUT2D eigenvalue weighted by Gasteiger charge is -2.10. The first kappa shape index (κ1) is 11.4. The van der Waals surface area contributed by atoms with Crippen LogP contribution in [0.5, 0.6) is 0 Å². The molecule has 0 aliphatic heterocycles. The van der Waals surface area contributed by atoms with Gasteiger partial charge in [0.1, 0.15) is 0 Å². The van der Waals surface area contributed by atoms with Crippen molar-refractivity contribution in [3.8, 4) is 0 Å². The molecule has 1 nitrogen and oxygen atoms in total. The highest BCUT2D eigenvalue weighted by molar-refractivity contribution is 7.16. The number of rotatable bonds is 6. The van der Waals surface area contributed by atoms with E-state index in [-0.39, 0.29) is 0 Å². The van der Waals surface area contributed by atoms with Crippen LogP contribution in [0, 0.1) is 5.92 Å². The van der Waals surface area contributed by atoms with Crippen LogP contribution in [0.3, 0.4) is 0 Å². The highest BCUT2D eigenvalue weighted by Crippen LogP contribution is 2.24. The SMILES string of the molecule is CC(CCNC1CC1)Cc1ccc(Cl)s1. The Morgan fingerprint density at radius 3 is 2.93 bits per heavy atom. The third kappa shape index (κ3) is 4.13. The Bertz CT molecular complexity index is 306. The fourth-order valence-corrected chi connectivity index (χ4v) is 2.98. The van der Waals surface area contributed by atoms with Crippen molar-refractivity contribution in [2.75, 3.05) is 6.54 Å². The molecular formula is C12H18ClNS. The Morgan fingerprint density at radius 2 is 2.33 bits per heavy atom. The largest absolute Gasteiger partial charge is 0.314 e. The van der Waals surface area contributed by atoms with Gasteiger partial charge in [0.05, 0.1) is 4.34 Å². The molecule has 0 bridgehead atoms. The topological polar surface area (TPSA) is 12.0 Å². The summed E-state index contributed by atoms with van der Waals surface area (Å²) in [4.78, 5) is 1.42. The molecule has 1 unspecified atom stereocenters. The summed E-state index contributed by atoms with van der Waals surface area (Å²) in [6.07, 6.45) is 5.21. The molecule has 2 rings (SSSR count). The third-order valence-electron chi connectivity index (χ3n) is 2.83. The molecule has 1 aromatic heterocycles. The average Bonchev–Trinajstić information content (AvgIpc) is 2.91. The van der Waals surface area contributed by atoms with Crippen molar-refractivity contribution in [1.82, 2.24) is 5.32 Å². The van der Waals surface area contributed by atoms with Crippen molar-refractivity contribution in [3.63, 3.8) is 0 Å². The monoisotopic (exact) mass is 243 g/mol. The second kappa shape index (κ2) is 5.33. The van der Waals surface area contributed by atoms with Crippen LogP contribution in [0.1, 0.15) is 31.1 Å². The van der Waals surface area contributed by atoms with Gasteiger partial charge in [0.15, 0.2) is 0 Å². The Balaban J connectivity index is 1.64. The normalized spacial score (nSPS) is 18.0. The fourth-order valence-electron chi connectivity index (χ4n) is 1.73. The van der Waals surface area contributed by atoms with Gasteiger partial charge in [-0.2, -0.15) is 0 Å². The van der Waals surface area contributed by atoms with Gasteiger partial charge in [-0.25, -0.2) is 0 Å². The van der Waals surface area contributed by atoms with Gasteiger partial charge >= 0.3 is 0 Å². The second-order valence-corrected chi connectivity index (χ2v) is 6.33. The molecule has 1 N–H and O–H groups in total. The number of nitrogens with one attached hydrogen (secondary N) is 1. The zero-order chi connectivity index (χ0) is 10.7. The van der Waals surface area contributed by atoms with Crippen molar-refractivity contribution in [2.45, 2.75) is 38.6 Å². The van der Waals surface area contributed by atoms with Crippen LogP contribution >= 0.6 is 22.9 Å². The quantitative estimate of drug-likeness (QED) is 0.803.